The van der Waals surface area contributed by atoms with Crippen molar-refractivity contribution >= 4 is 41.5 Å². The fraction of sp³-hybridized carbons (Fsp3) is 0.500. The van der Waals surface area contributed by atoms with Gasteiger partial charge in [-0.25, -0.2) is 0 Å². The molecule has 7 heteroatoms. The summed E-state index contributed by atoms with van der Waals surface area (Å²) in [5.74, 6) is 0.0325. The molecule has 1 aromatic carbocycles. The van der Waals surface area contributed by atoms with E-state index in [-0.39, 0.29) is 30.8 Å². The summed E-state index contributed by atoms with van der Waals surface area (Å²) in [6.45, 7) is 1.90. The minimum Gasteiger partial charge on any atom is -0.387 e. The summed E-state index contributed by atoms with van der Waals surface area (Å²) in [5.41, 5.74) is 0.605. The van der Waals surface area contributed by atoms with Crippen LogP contribution in [0.3, 0.4) is 0 Å². The molecular formula is C14H19Cl3N2O2. The van der Waals surface area contributed by atoms with Crippen LogP contribution < -0.4 is 10.6 Å². The molecular weight excluding hydrogens is 335 g/mol. The van der Waals surface area contributed by atoms with Gasteiger partial charge < -0.3 is 15.7 Å². The Hall–Kier alpha value is -0.520. The van der Waals surface area contributed by atoms with E-state index in [0.717, 1.165) is 25.9 Å². The summed E-state index contributed by atoms with van der Waals surface area (Å²) in [6, 6.07) is 4.90. The molecule has 0 bridgehead atoms. The van der Waals surface area contributed by atoms with Gasteiger partial charge in [-0.15, -0.1) is 12.4 Å². The summed E-state index contributed by atoms with van der Waals surface area (Å²) >= 11 is 11.8. The molecule has 1 saturated heterocycles. The minimum atomic E-state index is -0.808. The minimum absolute atomic E-state index is 0. The van der Waals surface area contributed by atoms with Gasteiger partial charge in [0, 0.05) is 22.5 Å². The van der Waals surface area contributed by atoms with E-state index in [1.54, 1.807) is 18.2 Å². The Labute approximate surface area is 140 Å². The number of aliphatic hydroxyl groups is 1. The number of hydrogen-bond donors (Lipinski definition) is 3. The standard InChI is InChI=1S/C14H18Cl2N2O2.ClH/c15-11-5-10(6-12(16)7-11)13(19)8-18-14(20)9-1-3-17-4-2-9;/h5-7,9,13,17,19H,1-4,8H2,(H,18,20);1H. The second-order valence-electron chi connectivity index (χ2n) is 4.99. The van der Waals surface area contributed by atoms with E-state index in [9.17, 15) is 9.90 Å². The van der Waals surface area contributed by atoms with Gasteiger partial charge in [0.1, 0.15) is 0 Å². The Balaban J connectivity index is 0.00000220. The van der Waals surface area contributed by atoms with E-state index in [4.69, 9.17) is 23.2 Å². The number of amides is 1. The van der Waals surface area contributed by atoms with E-state index in [1.165, 1.54) is 0 Å². The zero-order valence-electron chi connectivity index (χ0n) is 11.4. The first kappa shape index (κ1) is 18.5. The number of piperidine rings is 1. The largest absolute Gasteiger partial charge is 0.387 e. The second kappa shape index (κ2) is 8.81. The molecule has 2 rings (SSSR count). The van der Waals surface area contributed by atoms with Crippen molar-refractivity contribution in [3.63, 3.8) is 0 Å². The number of carbonyl (C=O) groups excluding carboxylic acids is 1. The van der Waals surface area contributed by atoms with Gasteiger partial charge in [-0.1, -0.05) is 23.2 Å². The maximum atomic E-state index is 12.0. The predicted molar refractivity (Wildman–Crippen MR) is 87.3 cm³/mol. The van der Waals surface area contributed by atoms with Gasteiger partial charge in [0.2, 0.25) is 5.91 Å². The van der Waals surface area contributed by atoms with Gasteiger partial charge in [-0.2, -0.15) is 0 Å². The van der Waals surface area contributed by atoms with Gasteiger partial charge in [-0.05, 0) is 49.7 Å². The van der Waals surface area contributed by atoms with Crippen molar-refractivity contribution < 1.29 is 9.90 Å². The lowest BCUT2D eigenvalue weighted by Crippen LogP contribution is -2.39. The first-order valence-corrected chi connectivity index (χ1v) is 7.44. The second-order valence-corrected chi connectivity index (χ2v) is 5.86. The summed E-state index contributed by atoms with van der Waals surface area (Å²) in [5, 5.41) is 17.0. The average molecular weight is 354 g/mol. The molecule has 1 aliphatic heterocycles. The quantitative estimate of drug-likeness (QED) is 0.779. The van der Waals surface area contributed by atoms with Crippen LogP contribution in [0, 0.1) is 5.92 Å². The van der Waals surface area contributed by atoms with Gasteiger partial charge in [0.15, 0.2) is 0 Å². The highest BCUT2D eigenvalue weighted by Gasteiger charge is 2.21. The summed E-state index contributed by atoms with van der Waals surface area (Å²) in [6.07, 6.45) is 0.868. The van der Waals surface area contributed by atoms with Gasteiger partial charge in [0.05, 0.1) is 6.10 Å². The Bertz CT molecular complexity index is 459. The van der Waals surface area contributed by atoms with Crippen LogP contribution in [0.15, 0.2) is 18.2 Å². The Morgan fingerprint density at radius 2 is 1.86 bits per heavy atom. The van der Waals surface area contributed by atoms with Gasteiger partial charge in [0.25, 0.3) is 0 Å². The third kappa shape index (κ3) is 5.64. The number of nitrogens with one attached hydrogen (secondary N) is 2. The van der Waals surface area contributed by atoms with Crippen molar-refractivity contribution in [2.45, 2.75) is 18.9 Å². The fourth-order valence-electron chi connectivity index (χ4n) is 2.31. The molecule has 4 nitrogen and oxygen atoms in total. The van der Waals surface area contributed by atoms with Crippen molar-refractivity contribution in [1.82, 2.24) is 10.6 Å². The molecule has 0 spiro atoms. The molecule has 0 aliphatic carbocycles. The van der Waals surface area contributed by atoms with E-state index >= 15 is 0 Å². The monoisotopic (exact) mass is 352 g/mol. The van der Waals surface area contributed by atoms with Gasteiger partial charge in [-0.3, -0.25) is 4.79 Å². The van der Waals surface area contributed by atoms with E-state index < -0.39 is 6.10 Å². The highest BCUT2D eigenvalue weighted by Crippen LogP contribution is 2.23. The van der Waals surface area contributed by atoms with Crippen LogP contribution >= 0.6 is 35.6 Å². The molecule has 1 amide bonds. The molecule has 1 fully saturated rings. The van der Waals surface area contributed by atoms with Crippen molar-refractivity contribution in [2.24, 2.45) is 5.92 Å². The van der Waals surface area contributed by atoms with E-state index in [1.807, 2.05) is 0 Å². The van der Waals surface area contributed by atoms with Crippen LogP contribution in [0.25, 0.3) is 0 Å². The lowest BCUT2D eigenvalue weighted by Gasteiger charge is -2.22. The Morgan fingerprint density at radius 3 is 2.43 bits per heavy atom. The van der Waals surface area contributed by atoms with Crippen molar-refractivity contribution in [2.75, 3.05) is 19.6 Å². The molecule has 0 aromatic heterocycles. The zero-order chi connectivity index (χ0) is 14.5. The predicted octanol–water partition coefficient (Wildman–Crippen LogP) is 2.56. The highest BCUT2D eigenvalue weighted by atomic mass is 35.5. The van der Waals surface area contributed by atoms with Crippen molar-refractivity contribution in [3.05, 3.63) is 33.8 Å². The van der Waals surface area contributed by atoms with Crippen LogP contribution in [-0.4, -0.2) is 30.6 Å². The number of rotatable bonds is 4. The fourth-order valence-corrected chi connectivity index (χ4v) is 2.85. The third-order valence-electron chi connectivity index (χ3n) is 3.45. The Morgan fingerprint density at radius 1 is 1.29 bits per heavy atom. The molecule has 1 aromatic rings. The number of aliphatic hydroxyl groups excluding tert-OH is 1. The van der Waals surface area contributed by atoms with E-state index in [2.05, 4.69) is 10.6 Å². The van der Waals surface area contributed by atoms with Crippen LogP contribution in [0.1, 0.15) is 24.5 Å². The molecule has 1 heterocycles. The smallest absolute Gasteiger partial charge is 0.223 e. The zero-order valence-corrected chi connectivity index (χ0v) is 13.8. The lowest BCUT2D eigenvalue weighted by atomic mass is 9.97. The van der Waals surface area contributed by atoms with Crippen LogP contribution in [-0.2, 0) is 4.79 Å². The summed E-state index contributed by atoms with van der Waals surface area (Å²) < 4.78 is 0. The summed E-state index contributed by atoms with van der Waals surface area (Å²) in [4.78, 5) is 12.0. The molecule has 118 valence electrons. The first-order chi connectivity index (χ1) is 9.56. The number of benzene rings is 1. The molecule has 0 radical (unpaired) electrons. The number of halogens is 3. The van der Waals surface area contributed by atoms with Crippen LogP contribution in [0.5, 0.6) is 0 Å². The number of hydrogen-bond acceptors (Lipinski definition) is 3. The lowest BCUT2D eigenvalue weighted by molar-refractivity contribution is -0.126. The van der Waals surface area contributed by atoms with Crippen molar-refractivity contribution in [3.8, 4) is 0 Å². The topological polar surface area (TPSA) is 61.4 Å². The molecule has 1 atom stereocenters. The molecule has 1 unspecified atom stereocenters. The molecule has 1 aliphatic rings. The van der Waals surface area contributed by atoms with Crippen molar-refractivity contribution in [1.29, 1.82) is 0 Å². The van der Waals surface area contributed by atoms with E-state index in [0.29, 0.717) is 15.6 Å². The normalized spacial score (nSPS) is 16.9. The van der Waals surface area contributed by atoms with Gasteiger partial charge >= 0.3 is 0 Å². The first-order valence-electron chi connectivity index (χ1n) is 6.69. The SMILES string of the molecule is Cl.O=C(NCC(O)c1cc(Cl)cc(Cl)c1)C1CCNCC1. The maximum Gasteiger partial charge on any atom is 0.223 e. The third-order valence-corrected chi connectivity index (χ3v) is 3.89. The highest BCUT2D eigenvalue weighted by molar-refractivity contribution is 6.34. The maximum absolute atomic E-state index is 12.0. The Kier molecular flexibility index (Phi) is 7.77. The molecule has 21 heavy (non-hydrogen) atoms. The molecule has 3 N–H and O–H groups in total. The van der Waals surface area contributed by atoms with Crippen LogP contribution in [0.4, 0.5) is 0 Å². The molecule has 0 saturated carbocycles. The average Bonchev–Trinajstić information content (AvgIpc) is 2.44. The van der Waals surface area contributed by atoms with Crippen LogP contribution in [0.2, 0.25) is 10.0 Å². The number of carbonyl (C=O) groups is 1. The summed E-state index contributed by atoms with van der Waals surface area (Å²) in [7, 11) is 0.